The standard InChI is InChI=1S/C37H59N5O7S/c1-36(2)25-23-42-30(29(25)36)32(44)39-26(31(43)33(45)38-24-18-19-24)15-10-7-5-3-4-6-8-11-16-27(34(42)46)40-35(47)41-37(20-12-9-13-21-37)28-17-14-22-50(28,48)49/h24-30H,3-23H2,1-2H3,(H,38,45)(H,39,44)(H2,40,41,47)/t25-,26-,27-,28+,29-,30-/m0/s1. The normalized spacial score (nSPS) is 34.3. The molecule has 0 aromatic heterocycles. The summed E-state index contributed by atoms with van der Waals surface area (Å²) in [5.74, 6) is -1.91. The Morgan fingerprint density at radius 2 is 1.40 bits per heavy atom. The SMILES string of the molecule is CC1(C)[C@@H]2[C@H]3C(=O)N[C@H](C(=O)C(=O)NC4CC4)CCCCCCCCCC[C@H](NC(=O)NC4([C@H]5CCCS5(=O)=O)CCCCC4)C(=O)N3C[C@@H]21. The molecule has 3 aliphatic heterocycles. The maximum atomic E-state index is 14.5. The molecule has 0 unspecified atom stereocenters. The van der Waals surface area contributed by atoms with Crippen molar-refractivity contribution in [1.82, 2.24) is 26.2 Å². The predicted molar refractivity (Wildman–Crippen MR) is 189 cm³/mol. The summed E-state index contributed by atoms with van der Waals surface area (Å²) >= 11 is 0. The summed E-state index contributed by atoms with van der Waals surface area (Å²) in [5, 5.41) is 11.2. The van der Waals surface area contributed by atoms with Crippen LogP contribution in [0, 0.1) is 17.3 Å². The number of nitrogens with one attached hydrogen (secondary N) is 4. The zero-order valence-electron chi connectivity index (χ0n) is 30.1. The van der Waals surface area contributed by atoms with E-state index in [2.05, 4.69) is 35.1 Å². The molecule has 12 nitrogen and oxygen atoms in total. The van der Waals surface area contributed by atoms with Crippen LogP contribution in [0.25, 0.3) is 0 Å². The van der Waals surface area contributed by atoms with Crippen LogP contribution in [0.15, 0.2) is 0 Å². The number of hydrogen-bond acceptors (Lipinski definition) is 7. The number of nitrogens with zero attached hydrogens (tertiary/aromatic N) is 1. The molecule has 0 spiro atoms. The lowest BCUT2D eigenvalue weighted by molar-refractivity contribution is -0.144. The Morgan fingerprint density at radius 1 is 0.780 bits per heavy atom. The highest BCUT2D eigenvalue weighted by Gasteiger charge is 2.69. The van der Waals surface area contributed by atoms with Gasteiger partial charge in [-0.15, -0.1) is 0 Å². The summed E-state index contributed by atoms with van der Waals surface area (Å²) in [4.78, 5) is 70.3. The molecule has 5 amide bonds. The topological polar surface area (TPSA) is 171 Å². The van der Waals surface area contributed by atoms with E-state index >= 15 is 0 Å². The van der Waals surface area contributed by atoms with Gasteiger partial charge in [0, 0.05) is 12.6 Å². The second-order valence-electron chi connectivity index (χ2n) is 16.8. The minimum absolute atomic E-state index is 0.0189. The maximum Gasteiger partial charge on any atom is 0.315 e. The molecular formula is C37H59N5O7S. The van der Waals surface area contributed by atoms with Crippen LogP contribution >= 0.6 is 0 Å². The Bertz CT molecular complexity index is 1420. The van der Waals surface area contributed by atoms with E-state index < -0.39 is 62.4 Å². The van der Waals surface area contributed by atoms with Gasteiger partial charge in [-0.05, 0) is 68.6 Å². The Labute approximate surface area is 297 Å². The van der Waals surface area contributed by atoms with Crippen LogP contribution in [0.1, 0.15) is 136 Å². The van der Waals surface area contributed by atoms with Gasteiger partial charge >= 0.3 is 6.03 Å². The van der Waals surface area contributed by atoms with Crippen LogP contribution in [-0.4, -0.2) is 90.1 Å². The summed E-state index contributed by atoms with van der Waals surface area (Å²) < 4.78 is 26.2. The summed E-state index contributed by atoms with van der Waals surface area (Å²) in [6, 6.07) is -3.18. The van der Waals surface area contributed by atoms with E-state index in [1.54, 1.807) is 4.90 Å². The minimum atomic E-state index is -3.34. The van der Waals surface area contributed by atoms with Gasteiger partial charge in [0.25, 0.3) is 5.91 Å². The van der Waals surface area contributed by atoms with Crippen molar-refractivity contribution in [1.29, 1.82) is 0 Å². The number of rotatable bonds is 6. The number of fused-ring (bicyclic) bond motifs is 3. The lowest BCUT2D eigenvalue weighted by atomic mass is 9.78. The predicted octanol–water partition coefficient (Wildman–Crippen LogP) is 3.66. The van der Waals surface area contributed by atoms with Gasteiger partial charge in [0.1, 0.15) is 12.1 Å². The van der Waals surface area contributed by atoms with Crippen molar-refractivity contribution >= 4 is 39.4 Å². The Morgan fingerprint density at radius 3 is 2.02 bits per heavy atom. The van der Waals surface area contributed by atoms with Crippen molar-refractivity contribution in [3.05, 3.63) is 0 Å². The van der Waals surface area contributed by atoms with E-state index in [1.807, 2.05) is 0 Å². The smallest absolute Gasteiger partial charge is 0.315 e. The number of amides is 5. The van der Waals surface area contributed by atoms with Crippen LogP contribution in [0.2, 0.25) is 0 Å². The van der Waals surface area contributed by atoms with Crippen molar-refractivity contribution in [2.24, 2.45) is 17.3 Å². The van der Waals surface area contributed by atoms with Crippen molar-refractivity contribution < 1.29 is 32.4 Å². The minimum Gasteiger partial charge on any atom is -0.347 e. The third-order valence-electron chi connectivity index (χ3n) is 12.9. The Hall–Kier alpha value is -2.70. The van der Waals surface area contributed by atoms with Crippen molar-refractivity contribution in [2.45, 2.75) is 171 Å². The van der Waals surface area contributed by atoms with Crippen LogP contribution < -0.4 is 21.3 Å². The van der Waals surface area contributed by atoms with E-state index in [4.69, 9.17) is 0 Å². The molecule has 6 aliphatic rings. The maximum absolute atomic E-state index is 14.5. The van der Waals surface area contributed by atoms with Crippen molar-refractivity contribution in [3.63, 3.8) is 0 Å². The first kappa shape index (κ1) is 37.1. The van der Waals surface area contributed by atoms with Crippen molar-refractivity contribution in [3.8, 4) is 0 Å². The first-order valence-corrected chi connectivity index (χ1v) is 21.3. The van der Waals surface area contributed by atoms with Crippen LogP contribution in [0.5, 0.6) is 0 Å². The molecule has 6 atom stereocenters. The highest BCUT2D eigenvalue weighted by Crippen LogP contribution is 2.65. The average molecular weight is 718 g/mol. The third kappa shape index (κ3) is 8.02. The van der Waals surface area contributed by atoms with Crippen LogP contribution in [-0.2, 0) is 29.0 Å². The number of ketones is 1. The molecule has 0 aromatic rings. The fourth-order valence-electron chi connectivity index (χ4n) is 9.74. The van der Waals surface area contributed by atoms with Gasteiger partial charge in [0.05, 0.1) is 22.6 Å². The number of carbonyl (C=O) groups is 5. The highest BCUT2D eigenvalue weighted by molar-refractivity contribution is 7.92. The molecule has 3 heterocycles. The Balaban J connectivity index is 1.22. The van der Waals surface area contributed by atoms with E-state index in [0.717, 1.165) is 77.0 Å². The molecule has 6 rings (SSSR count). The van der Waals surface area contributed by atoms with Crippen LogP contribution in [0.4, 0.5) is 4.79 Å². The number of sulfone groups is 1. The molecule has 4 N–H and O–H groups in total. The summed E-state index contributed by atoms with van der Waals surface area (Å²) in [6.07, 6.45) is 14.8. The molecule has 3 saturated heterocycles. The van der Waals surface area contributed by atoms with Gasteiger partial charge in [-0.2, -0.15) is 0 Å². The fraction of sp³-hybridized carbons (Fsp3) is 0.865. The lowest BCUT2D eigenvalue weighted by Crippen LogP contribution is -2.63. The van der Waals surface area contributed by atoms with E-state index in [1.165, 1.54) is 0 Å². The third-order valence-corrected chi connectivity index (χ3v) is 15.3. The largest absolute Gasteiger partial charge is 0.347 e. The van der Waals surface area contributed by atoms with E-state index in [-0.39, 0.29) is 35.0 Å². The molecular weight excluding hydrogens is 659 g/mol. The number of carbonyl (C=O) groups excluding carboxylic acids is 5. The molecule has 280 valence electrons. The zero-order chi connectivity index (χ0) is 35.7. The van der Waals surface area contributed by atoms with Gasteiger partial charge in [0.2, 0.25) is 17.6 Å². The number of hydrogen-bond donors (Lipinski definition) is 4. The average Bonchev–Trinajstić information content (AvgIpc) is 3.85. The second-order valence-corrected chi connectivity index (χ2v) is 19.1. The van der Waals surface area contributed by atoms with Gasteiger partial charge in [-0.1, -0.05) is 84.5 Å². The molecule has 3 saturated carbocycles. The van der Waals surface area contributed by atoms with Gasteiger partial charge in [0.15, 0.2) is 9.84 Å². The molecule has 50 heavy (non-hydrogen) atoms. The summed E-state index contributed by atoms with van der Waals surface area (Å²) in [5.41, 5.74) is -1.02. The molecule has 13 heteroatoms. The summed E-state index contributed by atoms with van der Waals surface area (Å²) in [7, 11) is -3.34. The second kappa shape index (κ2) is 15.1. The molecule has 0 bridgehead atoms. The molecule has 3 aliphatic carbocycles. The van der Waals surface area contributed by atoms with Gasteiger partial charge < -0.3 is 26.2 Å². The Kier molecular flexibility index (Phi) is 11.2. The van der Waals surface area contributed by atoms with Crippen LogP contribution in [0.3, 0.4) is 0 Å². The van der Waals surface area contributed by atoms with Crippen molar-refractivity contribution in [2.75, 3.05) is 12.3 Å². The highest BCUT2D eigenvalue weighted by atomic mass is 32.2. The molecule has 6 fully saturated rings. The lowest BCUT2D eigenvalue weighted by Gasteiger charge is -2.42. The van der Waals surface area contributed by atoms with Gasteiger partial charge in [-0.25, -0.2) is 13.2 Å². The molecule has 0 aromatic carbocycles. The first-order chi connectivity index (χ1) is 23.8. The fourth-order valence-corrected chi connectivity index (χ4v) is 12.1. The first-order valence-electron chi connectivity index (χ1n) is 19.6. The van der Waals surface area contributed by atoms with E-state index in [9.17, 15) is 32.4 Å². The molecule has 0 radical (unpaired) electrons. The quantitative estimate of drug-likeness (QED) is 0.304. The van der Waals surface area contributed by atoms with Gasteiger partial charge in [-0.3, -0.25) is 19.2 Å². The number of piperidine rings is 1. The monoisotopic (exact) mass is 717 g/mol. The van der Waals surface area contributed by atoms with E-state index in [0.29, 0.717) is 51.5 Å². The number of urea groups is 1. The number of Topliss-reactive ketones (excluding diaryl/α,β-unsaturated/α-hetero) is 1. The zero-order valence-corrected chi connectivity index (χ0v) is 30.9. The summed E-state index contributed by atoms with van der Waals surface area (Å²) in [6.45, 7) is 4.56.